The minimum atomic E-state index is -0.854. The van der Waals surface area contributed by atoms with E-state index in [1.54, 1.807) is 11.2 Å². The van der Waals surface area contributed by atoms with Crippen LogP contribution >= 0.6 is 0 Å². The van der Waals surface area contributed by atoms with Gasteiger partial charge in [0.1, 0.15) is 12.1 Å². The smallest absolute Gasteiger partial charge is 0.245 e. The maximum atomic E-state index is 12.3. The zero-order valence-corrected chi connectivity index (χ0v) is 12.8. The summed E-state index contributed by atoms with van der Waals surface area (Å²) in [4.78, 5) is 26.0. The van der Waals surface area contributed by atoms with Crippen LogP contribution in [0.4, 0.5) is 0 Å². The largest absolute Gasteiger partial charge is 0.343 e. The Morgan fingerprint density at radius 3 is 2.53 bits per heavy atom. The lowest BCUT2D eigenvalue weighted by Gasteiger charge is -2.38. The summed E-state index contributed by atoms with van der Waals surface area (Å²) in [7, 11) is -0.854. The Kier molecular flexibility index (Phi) is 6.48. The Morgan fingerprint density at radius 2 is 2.00 bits per heavy atom. The first-order chi connectivity index (χ1) is 9.01. The van der Waals surface area contributed by atoms with E-state index in [0.29, 0.717) is 31.6 Å². The molecule has 3 unspecified atom stereocenters. The number of hydrogen-bond acceptors (Lipinski definition) is 3. The van der Waals surface area contributed by atoms with Crippen molar-refractivity contribution < 1.29 is 13.8 Å². The third kappa shape index (κ3) is 4.30. The molecule has 110 valence electrons. The quantitative estimate of drug-likeness (QED) is 0.748. The fraction of sp³-hybridized carbons (Fsp3) is 0.846. The molecule has 0 saturated carbocycles. The van der Waals surface area contributed by atoms with Crippen molar-refractivity contribution in [3.63, 3.8) is 0 Å². The van der Waals surface area contributed by atoms with Gasteiger partial charge in [0.05, 0.1) is 0 Å². The Bertz CT molecular complexity index is 360. The third-order valence-electron chi connectivity index (χ3n) is 3.37. The van der Waals surface area contributed by atoms with Crippen molar-refractivity contribution in [1.82, 2.24) is 10.2 Å². The van der Waals surface area contributed by atoms with Gasteiger partial charge in [0.25, 0.3) is 0 Å². The molecular weight excluding hydrogens is 264 g/mol. The lowest BCUT2D eigenvalue weighted by Crippen LogP contribution is -2.63. The van der Waals surface area contributed by atoms with Gasteiger partial charge in [-0.3, -0.25) is 13.8 Å². The van der Waals surface area contributed by atoms with Crippen molar-refractivity contribution in [1.29, 1.82) is 0 Å². The molecule has 0 aromatic carbocycles. The monoisotopic (exact) mass is 288 g/mol. The SMILES string of the molecule is CCCC1NC(=O)C(CC)N(CCCS(C)=O)C1=O. The lowest BCUT2D eigenvalue weighted by atomic mass is 10.0. The van der Waals surface area contributed by atoms with Gasteiger partial charge in [-0.15, -0.1) is 0 Å². The summed E-state index contributed by atoms with van der Waals surface area (Å²) in [6, 6.07) is -0.752. The second-order valence-electron chi connectivity index (χ2n) is 4.94. The summed E-state index contributed by atoms with van der Waals surface area (Å²) in [5.74, 6) is 0.522. The molecule has 1 N–H and O–H groups in total. The van der Waals surface area contributed by atoms with Crippen LogP contribution < -0.4 is 5.32 Å². The number of piperazine rings is 1. The van der Waals surface area contributed by atoms with Gasteiger partial charge in [0.15, 0.2) is 0 Å². The van der Waals surface area contributed by atoms with E-state index >= 15 is 0 Å². The predicted octanol–water partition coefficient (Wildman–Crippen LogP) is 0.661. The standard InChI is InChI=1S/C13H24N2O3S/c1-4-7-10-13(17)15(8-6-9-19(3)18)11(5-2)12(16)14-10/h10-11H,4-9H2,1-3H3,(H,14,16). The third-order valence-corrected chi connectivity index (χ3v) is 4.23. The molecule has 1 heterocycles. The molecule has 6 heteroatoms. The second kappa shape index (κ2) is 7.62. The molecular formula is C13H24N2O3S. The fourth-order valence-corrected chi connectivity index (χ4v) is 2.95. The number of nitrogens with one attached hydrogen (secondary N) is 1. The molecule has 0 aromatic rings. The van der Waals surface area contributed by atoms with E-state index in [1.807, 2.05) is 13.8 Å². The van der Waals surface area contributed by atoms with Gasteiger partial charge in [-0.25, -0.2) is 0 Å². The average Bonchev–Trinajstić information content (AvgIpc) is 2.35. The maximum Gasteiger partial charge on any atom is 0.245 e. The van der Waals surface area contributed by atoms with Gasteiger partial charge >= 0.3 is 0 Å². The van der Waals surface area contributed by atoms with E-state index in [2.05, 4.69) is 5.32 Å². The van der Waals surface area contributed by atoms with E-state index in [4.69, 9.17) is 0 Å². The molecule has 1 fully saturated rings. The molecule has 3 atom stereocenters. The first-order valence-corrected chi connectivity index (χ1v) is 8.64. The topological polar surface area (TPSA) is 66.5 Å². The van der Waals surface area contributed by atoms with E-state index in [9.17, 15) is 13.8 Å². The molecule has 19 heavy (non-hydrogen) atoms. The van der Waals surface area contributed by atoms with Crippen molar-refractivity contribution in [3.05, 3.63) is 0 Å². The molecule has 0 aromatic heterocycles. The van der Waals surface area contributed by atoms with E-state index in [-0.39, 0.29) is 23.9 Å². The van der Waals surface area contributed by atoms with E-state index in [0.717, 1.165) is 6.42 Å². The molecule has 1 rings (SSSR count). The van der Waals surface area contributed by atoms with E-state index in [1.165, 1.54) is 0 Å². The second-order valence-corrected chi connectivity index (χ2v) is 6.49. The van der Waals surface area contributed by atoms with Gasteiger partial charge < -0.3 is 10.2 Å². The highest BCUT2D eigenvalue weighted by atomic mass is 32.2. The molecule has 0 radical (unpaired) electrons. The molecule has 5 nitrogen and oxygen atoms in total. The van der Waals surface area contributed by atoms with E-state index < -0.39 is 10.8 Å². The molecule has 0 spiro atoms. The van der Waals surface area contributed by atoms with Gasteiger partial charge in [0.2, 0.25) is 11.8 Å². The lowest BCUT2D eigenvalue weighted by molar-refractivity contribution is -0.149. The minimum absolute atomic E-state index is 0.00943. The molecule has 1 aliphatic heterocycles. The number of nitrogens with zero attached hydrogens (tertiary/aromatic N) is 1. The number of amides is 2. The number of rotatable bonds is 7. The fourth-order valence-electron chi connectivity index (χ4n) is 2.42. The first-order valence-electron chi connectivity index (χ1n) is 6.92. The summed E-state index contributed by atoms with van der Waals surface area (Å²) in [5.41, 5.74) is 0. The minimum Gasteiger partial charge on any atom is -0.343 e. The normalized spacial score (nSPS) is 25.3. The number of carbonyl (C=O) groups is 2. The van der Waals surface area contributed by atoms with Crippen LogP contribution in [0.2, 0.25) is 0 Å². The van der Waals surface area contributed by atoms with Crippen LogP contribution in [0.3, 0.4) is 0 Å². The molecule has 2 amide bonds. The van der Waals surface area contributed by atoms with Crippen molar-refractivity contribution in [2.45, 2.75) is 51.6 Å². The summed E-state index contributed by atoms with van der Waals surface area (Å²) in [6.07, 6.45) is 4.49. The summed E-state index contributed by atoms with van der Waals surface area (Å²) in [6.45, 7) is 4.42. The van der Waals surface area contributed by atoms with Crippen molar-refractivity contribution >= 4 is 22.6 Å². The summed E-state index contributed by atoms with van der Waals surface area (Å²) in [5, 5.41) is 2.81. The molecule has 1 saturated heterocycles. The highest BCUT2D eigenvalue weighted by Gasteiger charge is 2.38. The van der Waals surface area contributed by atoms with Crippen molar-refractivity contribution in [2.75, 3.05) is 18.6 Å². The van der Waals surface area contributed by atoms with Crippen molar-refractivity contribution in [3.8, 4) is 0 Å². The highest BCUT2D eigenvalue weighted by Crippen LogP contribution is 2.16. The molecule has 0 aliphatic carbocycles. The van der Waals surface area contributed by atoms with Gasteiger partial charge in [-0.05, 0) is 19.3 Å². The Balaban J connectivity index is 2.71. The maximum absolute atomic E-state index is 12.3. The predicted molar refractivity (Wildman–Crippen MR) is 76.2 cm³/mol. The van der Waals surface area contributed by atoms with Crippen LogP contribution in [0.1, 0.15) is 39.5 Å². The van der Waals surface area contributed by atoms with Crippen LogP contribution in [0.25, 0.3) is 0 Å². The highest BCUT2D eigenvalue weighted by molar-refractivity contribution is 7.84. The van der Waals surface area contributed by atoms with Gasteiger partial charge in [-0.1, -0.05) is 20.3 Å². The van der Waals surface area contributed by atoms with Gasteiger partial charge in [0, 0.05) is 29.4 Å². The van der Waals surface area contributed by atoms with Crippen LogP contribution in [-0.2, 0) is 20.4 Å². The number of hydrogen-bond donors (Lipinski definition) is 1. The first kappa shape index (κ1) is 16.1. The Labute approximate surface area is 117 Å². The summed E-state index contributed by atoms with van der Waals surface area (Å²) >= 11 is 0. The zero-order valence-electron chi connectivity index (χ0n) is 12.0. The number of carbonyl (C=O) groups excluding carboxylic acids is 2. The summed E-state index contributed by atoms with van der Waals surface area (Å²) < 4.78 is 11.1. The Hall–Kier alpha value is -0.910. The molecule has 0 bridgehead atoms. The van der Waals surface area contributed by atoms with Crippen molar-refractivity contribution in [2.24, 2.45) is 0 Å². The van der Waals surface area contributed by atoms with Crippen LogP contribution in [-0.4, -0.2) is 51.6 Å². The van der Waals surface area contributed by atoms with Gasteiger partial charge in [-0.2, -0.15) is 0 Å². The average molecular weight is 288 g/mol. The molecule has 1 aliphatic rings. The van der Waals surface area contributed by atoms with Crippen LogP contribution in [0.5, 0.6) is 0 Å². The zero-order chi connectivity index (χ0) is 14.4. The Morgan fingerprint density at radius 1 is 1.32 bits per heavy atom. The van der Waals surface area contributed by atoms with Crippen LogP contribution in [0.15, 0.2) is 0 Å². The van der Waals surface area contributed by atoms with Crippen LogP contribution in [0, 0.1) is 0 Å².